The normalized spacial score (nSPS) is 13.4. The highest BCUT2D eigenvalue weighted by Crippen LogP contribution is 2.04. The second-order valence-electron chi connectivity index (χ2n) is 4.47. The molecule has 1 rings (SSSR count). The summed E-state index contributed by atoms with van der Waals surface area (Å²) in [6, 6.07) is 7.36. The molecule has 1 aromatic rings. The fourth-order valence-corrected chi connectivity index (χ4v) is 2.81. The molecule has 0 radical (unpaired) electrons. The predicted octanol–water partition coefficient (Wildman–Crippen LogP) is 0.515. The lowest BCUT2D eigenvalue weighted by Crippen LogP contribution is -2.49. The van der Waals surface area contributed by atoms with Crippen LogP contribution in [0.2, 0.25) is 0 Å². The van der Waals surface area contributed by atoms with E-state index in [1.165, 1.54) is 0 Å². The van der Waals surface area contributed by atoms with Crippen molar-refractivity contribution in [3.63, 3.8) is 0 Å². The third-order valence-electron chi connectivity index (χ3n) is 2.27. The summed E-state index contributed by atoms with van der Waals surface area (Å²) < 4.78 is 27.7. The molecule has 0 aliphatic rings. The highest BCUT2D eigenvalue weighted by Gasteiger charge is 2.24. The van der Waals surface area contributed by atoms with E-state index in [0.717, 1.165) is 5.56 Å². The zero-order valence-electron chi connectivity index (χ0n) is 10.8. The molecular formula is C12H18N2O4S. The van der Waals surface area contributed by atoms with Gasteiger partial charge in [-0.1, -0.05) is 30.3 Å². The molecule has 0 bridgehead atoms. The van der Waals surface area contributed by atoms with Crippen LogP contribution in [-0.2, 0) is 21.4 Å². The maximum absolute atomic E-state index is 11.7. The molecule has 1 atom stereocenters. The van der Waals surface area contributed by atoms with Crippen molar-refractivity contribution < 1.29 is 18.3 Å². The van der Waals surface area contributed by atoms with Crippen LogP contribution in [0.15, 0.2) is 30.3 Å². The number of benzene rings is 1. The Labute approximate surface area is 113 Å². The summed E-state index contributed by atoms with van der Waals surface area (Å²) in [5.74, 6) is -1.21. The fourth-order valence-electron chi connectivity index (χ4n) is 1.56. The molecule has 7 heteroatoms. The Morgan fingerprint density at radius 3 is 2.26 bits per heavy atom. The highest BCUT2D eigenvalue weighted by atomic mass is 32.2. The zero-order valence-corrected chi connectivity index (χ0v) is 11.6. The van der Waals surface area contributed by atoms with Crippen LogP contribution in [0.5, 0.6) is 0 Å². The van der Waals surface area contributed by atoms with Crippen molar-refractivity contribution in [2.45, 2.75) is 32.4 Å². The van der Waals surface area contributed by atoms with Crippen molar-refractivity contribution in [2.75, 3.05) is 0 Å². The van der Waals surface area contributed by atoms with Gasteiger partial charge in [-0.2, -0.15) is 17.9 Å². The Morgan fingerprint density at radius 1 is 1.21 bits per heavy atom. The Morgan fingerprint density at radius 2 is 1.79 bits per heavy atom. The number of carboxylic acids is 1. The average Bonchev–Trinajstić information content (AvgIpc) is 2.27. The number of carboxylic acid groups (broad SMARTS) is 1. The van der Waals surface area contributed by atoms with E-state index in [1.807, 2.05) is 6.07 Å². The van der Waals surface area contributed by atoms with E-state index in [1.54, 1.807) is 38.1 Å². The van der Waals surface area contributed by atoms with Crippen molar-refractivity contribution in [1.29, 1.82) is 0 Å². The largest absolute Gasteiger partial charge is 0.480 e. The van der Waals surface area contributed by atoms with Crippen LogP contribution < -0.4 is 9.44 Å². The van der Waals surface area contributed by atoms with Crippen LogP contribution in [0.1, 0.15) is 19.4 Å². The summed E-state index contributed by atoms with van der Waals surface area (Å²) >= 11 is 0. The van der Waals surface area contributed by atoms with Crippen LogP contribution in [0.4, 0.5) is 0 Å². The van der Waals surface area contributed by atoms with Gasteiger partial charge in [-0.15, -0.1) is 0 Å². The molecule has 0 aliphatic carbocycles. The molecule has 0 saturated carbocycles. The molecule has 1 unspecified atom stereocenters. The summed E-state index contributed by atoms with van der Waals surface area (Å²) in [5.41, 5.74) is 0.752. The number of nitrogens with one attached hydrogen (secondary N) is 2. The summed E-state index contributed by atoms with van der Waals surface area (Å²) in [6.07, 6.45) is 0.0924. The van der Waals surface area contributed by atoms with E-state index in [4.69, 9.17) is 5.11 Å². The maximum Gasteiger partial charge on any atom is 0.322 e. The second-order valence-corrected chi connectivity index (χ2v) is 5.95. The van der Waals surface area contributed by atoms with E-state index in [9.17, 15) is 13.2 Å². The average molecular weight is 286 g/mol. The Kier molecular flexibility index (Phi) is 5.46. The summed E-state index contributed by atoms with van der Waals surface area (Å²) in [7, 11) is -3.83. The van der Waals surface area contributed by atoms with Crippen molar-refractivity contribution in [1.82, 2.24) is 9.44 Å². The van der Waals surface area contributed by atoms with Gasteiger partial charge >= 0.3 is 5.97 Å². The molecule has 3 N–H and O–H groups in total. The zero-order chi connectivity index (χ0) is 14.5. The molecule has 0 amide bonds. The van der Waals surface area contributed by atoms with Crippen LogP contribution in [0, 0.1) is 0 Å². The minimum absolute atomic E-state index is 0.0924. The Hall–Kier alpha value is -1.44. The van der Waals surface area contributed by atoms with Crippen LogP contribution in [0.3, 0.4) is 0 Å². The third kappa shape index (κ3) is 5.82. The van der Waals surface area contributed by atoms with Crippen molar-refractivity contribution in [3.05, 3.63) is 35.9 Å². The molecule has 106 valence electrons. The van der Waals surface area contributed by atoms with E-state index >= 15 is 0 Å². The first-order valence-electron chi connectivity index (χ1n) is 5.86. The number of carbonyl (C=O) groups is 1. The van der Waals surface area contributed by atoms with Crippen LogP contribution >= 0.6 is 0 Å². The maximum atomic E-state index is 11.7. The monoisotopic (exact) mass is 286 g/mol. The topological polar surface area (TPSA) is 95.5 Å². The predicted molar refractivity (Wildman–Crippen MR) is 71.9 cm³/mol. The van der Waals surface area contributed by atoms with Gasteiger partial charge in [0, 0.05) is 6.04 Å². The lowest BCUT2D eigenvalue weighted by atomic mass is 10.1. The van der Waals surface area contributed by atoms with Gasteiger partial charge < -0.3 is 5.11 Å². The van der Waals surface area contributed by atoms with Gasteiger partial charge in [-0.25, -0.2) is 0 Å². The van der Waals surface area contributed by atoms with E-state index in [-0.39, 0.29) is 12.5 Å². The van der Waals surface area contributed by atoms with E-state index in [2.05, 4.69) is 9.44 Å². The lowest BCUT2D eigenvalue weighted by molar-refractivity contribution is -0.138. The SMILES string of the molecule is CC(C)NS(=O)(=O)NC(Cc1ccccc1)C(=O)O. The fraction of sp³-hybridized carbons (Fsp3) is 0.417. The second kappa shape index (κ2) is 6.65. The van der Waals surface area contributed by atoms with Gasteiger partial charge in [0.1, 0.15) is 6.04 Å². The third-order valence-corrected chi connectivity index (χ3v) is 3.65. The summed E-state index contributed by atoms with van der Waals surface area (Å²) in [4.78, 5) is 11.1. The van der Waals surface area contributed by atoms with Gasteiger partial charge in [0.2, 0.25) is 0 Å². The van der Waals surface area contributed by atoms with Crippen molar-refractivity contribution >= 4 is 16.2 Å². The smallest absolute Gasteiger partial charge is 0.322 e. The minimum Gasteiger partial charge on any atom is -0.480 e. The summed E-state index contributed by atoms with van der Waals surface area (Å²) in [6.45, 7) is 3.32. The minimum atomic E-state index is -3.83. The van der Waals surface area contributed by atoms with Gasteiger partial charge in [0.25, 0.3) is 10.2 Å². The van der Waals surface area contributed by atoms with Gasteiger partial charge in [0.15, 0.2) is 0 Å². The van der Waals surface area contributed by atoms with Crippen LogP contribution in [-0.4, -0.2) is 31.6 Å². The molecule has 0 aliphatic heterocycles. The number of hydrogen-bond donors (Lipinski definition) is 3. The Bertz CT molecular complexity index is 514. The van der Waals surface area contributed by atoms with Gasteiger partial charge in [-0.05, 0) is 25.8 Å². The molecule has 0 saturated heterocycles. The van der Waals surface area contributed by atoms with Crippen LogP contribution in [0.25, 0.3) is 0 Å². The molecule has 1 aromatic carbocycles. The van der Waals surface area contributed by atoms with Gasteiger partial charge in [-0.3, -0.25) is 4.79 Å². The first-order chi connectivity index (χ1) is 8.80. The standard InChI is InChI=1S/C12H18N2O4S/c1-9(2)13-19(17,18)14-11(12(15)16)8-10-6-4-3-5-7-10/h3-7,9,11,13-14H,8H2,1-2H3,(H,15,16). The van der Waals surface area contributed by atoms with Crippen molar-refractivity contribution in [3.8, 4) is 0 Å². The van der Waals surface area contributed by atoms with E-state index < -0.39 is 22.2 Å². The van der Waals surface area contributed by atoms with Crippen molar-refractivity contribution in [2.24, 2.45) is 0 Å². The lowest BCUT2D eigenvalue weighted by Gasteiger charge is -2.16. The van der Waals surface area contributed by atoms with Gasteiger partial charge in [0.05, 0.1) is 0 Å². The molecule has 0 fully saturated rings. The molecule has 6 nitrogen and oxygen atoms in total. The molecule has 19 heavy (non-hydrogen) atoms. The first-order valence-corrected chi connectivity index (χ1v) is 7.35. The summed E-state index contributed by atoms with van der Waals surface area (Å²) in [5, 5.41) is 9.08. The molecule has 0 aromatic heterocycles. The Balaban J connectivity index is 2.77. The van der Waals surface area contributed by atoms with E-state index in [0.29, 0.717) is 0 Å². The molecule has 0 heterocycles. The quantitative estimate of drug-likeness (QED) is 0.680. The number of hydrogen-bond acceptors (Lipinski definition) is 3. The highest BCUT2D eigenvalue weighted by molar-refractivity contribution is 7.87. The molecular weight excluding hydrogens is 268 g/mol. The number of aliphatic carboxylic acids is 1. The first kappa shape index (κ1) is 15.6. The molecule has 0 spiro atoms. The number of rotatable bonds is 7.